The van der Waals surface area contributed by atoms with Crippen LogP contribution in [0.1, 0.15) is 95.2 Å². The molecule has 0 aromatic heterocycles. The summed E-state index contributed by atoms with van der Waals surface area (Å²) in [7, 11) is 0. The summed E-state index contributed by atoms with van der Waals surface area (Å²) >= 11 is -1.46. The molecule has 0 unspecified atom stereocenters. The quantitative estimate of drug-likeness (QED) is 0.377. The van der Waals surface area contributed by atoms with Crippen molar-refractivity contribution in [3.63, 3.8) is 0 Å². The van der Waals surface area contributed by atoms with E-state index in [1.807, 2.05) is 14.7 Å². The Bertz CT molecular complexity index is 471. The van der Waals surface area contributed by atoms with Gasteiger partial charge in [0.2, 0.25) is 0 Å². The molecule has 0 atom stereocenters. The van der Waals surface area contributed by atoms with Gasteiger partial charge in [0.05, 0.1) is 0 Å². The van der Waals surface area contributed by atoms with Gasteiger partial charge in [0.15, 0.2) is 0 Å². The third-order valence-electron chi connectivity index (χ3n) is 5.97. The van der Waals surface area contributed by atoms with E-state index in [1.54, 1.807) is 14.4 Å². The van der Waals surface area contributed by atoms with Gasteiger partial charge in [-0.2, -0.15) is 0 Å². The van der Waals surface area contributed by atoms with E-state index in [9.17, 15) is 0 Å². The van der Waals surface area contributed by atoms with Crippen LogP contribution in [0.15, 0.2) is 12.1 Å². The van der Waals surface area contributed by atoms with Crippen LogP contribution in [0.2, 0.25) is 8.87 Å². The second-order valence-electron chi connectivity index (χ2n) is 7.92. The van der Waals surface area contributed by atoms with Crippen LogP contribution < -0.4 is 3.58 Å². The average Bonchev–Trinajstić information content (AvgIpc) is 2.63. The Morgan fingerprint density at radius 1 is 0.708 bits per heavy atom. The topological polar surface area (TPSA) is 0 Å². The van der Waals surface area contributed by atoms with Crippen LogP contribution in [0.3, 0.4) is 0 Å². The van der Waals surface area contributed by atoms with Crippen molar-refractivity contribution in [3.8, 4) is 0 Å². The van der Waals surface area contributed by atoms with Crippen molar-refractivity contribution >= 4 is 23.3 Å². The molecule has 1 saturated heterocycles. The second kappa shape index (κ2) is 11.6. The second-order valence-corrected chi connectivity index (χ2v) is 17.0. The van der Waals surface area contributed by atoms with Crippen LogP contribution in [0, 0.1) is 0 Å². The molecule has 0 amide bonds. The number of aryl methyl sites for hydroxylation is 1. The molecular formula is C23H40Sn. The number of hydrogen-bond acceptors (Lipinski definition) is 0. The standard InChI is InChI=1S/C18H29.C5H10.Sn.H/c1-4-7-11-16-13-10-14-17(12-8-5-2)18(16)15-9-6-3;1-3-5-4-2;;/h10,13H,4-9,11-12,15H2,1-3H3;1-5H2;;. The summed E-state index contributed by atoms with van der Waals surface area (Å²) < 4.78 is 5.24. The first-order valence-corrected chi connectivity index (χ1v) is 17.3. The van der Waals surface area contributed by atoms with Gasteiger partial charge in [-0.1, -0.05) is 0 Å². The van der Waals surface area contributed by atoms with Gasteiger partial charge in [0.1, 0.15) is 0 Å². The van der Waals surface area contributed by atoms with E-state index in [1.165, 1.54) is 77.0 Å². The van der Waals surface area contributed by atoms with Crippen molar-refractivity contribution < 1.29 is 0 Å². The maximum atomic E-state index is 2.64. The summed E-state index contributed by atoms with van der Waals surface area (Å²) in [6, 6.07) is 5.20. The fourth-order valence-electron chi connectivity index (χ4n) is 4.47. The van der Waals surface area contributed by atoms with Gasteiger partial charge in [-0.05, 0) is 0 Å². The number of hydrogen-bond donors (Lipinski definition) is 0. The van der Waals surface area contributed by atoms with Crippen molar-refractivity contribution in [1.82, 2.24) is 0 Å². The first kappa shape index (κ1) is 20.3. The Morgan fingerprint density at radius 3 is 1.92 bits per heavy atom. The van der Waals surface area contributed by atoms with Gasteiger partial charge in [-0.3, -0.25) is 0 Å². The molecule has 0 radical (unpaired) electrons. The molecular weight excluding hydrogens is 395 g/mol. The van der Waals surface area contributed by atoms with E-state index in [-0.39, 0.29) is 0 Å². The first-order chi connectivity index (χ1) is 11.8. The van der Waals surface area contributed by atoms with E-state index in [0.29, 0.717) is 0 Å². The Labute approximate surface area is 158 Å². The van der Waals surface area contributed by atoms with Gasteiger partial charge in [-0.15, -0.1) is 0 Å². The van der Waals surface area contributed by atoms with E-state index < -0.39 is 19.8 Å². The molecule has 1 heterocycles. The molecule has 1 aromatic carbocycles. The molecule has 1 aliphatic heterocycles. The van der Waals surface area contributed by atoms with Crippen LogP contribution in [-0.4, -0.2) is 19.8 Å². The first-order valence-electron chi connectivity index (χ1n) is 10.9. The molecule has 0 N–H and O–H groups in total. The van der Waals surface area contributed by atoms with Crippen molar-refractivity contribution in [1.29, 1.82) is 0 Å². The summed E-state index contributed by atoms with van der Waals surface area (Å²) in [5.41, 5.74) is 5.40. The molecule has 1 fully saturated rings. The zero-order chi connectivity index (χ0) is 17.2. The number of rotatable bonds is 10. The fourth-order valence-corrected chi connectivity index (χ4v) is 14.9. The van der Waals surface area contributed by atoms with Crippen LogP contribution in [0.4, 0.5) is 0 Å². The van der Waals surface area contributed by atoms with Crippen molar-refractivity contribution in [2.45, 2.75) is 107 Å². The summed E-state index contributed by atoms with van der Waals surface area (Å²) in [4.78, 5) is 0. The molecule has 24 heavy (non-hydrogen) atoms. The summed E-state index contributed by atoms with van der Waals surface area (Å²) in [6.45, 7) is 7.04. The van der Waals surface area contributed by atoms with E-state index in [2.05, 4.69) is 32.9 Å². The number of unbranched alkanes of at least 4 members (excludes halogenated alkanes) is 3. The van der Waals surface area contributed by atoms with Crippen LogP contribution in [-0.2, 0) is 19.3 Å². The van der Waals surface area contributed by atoms with Gasteiger partial charge < -0.3 is 0 Å². The molecule has 1 aliphatic rings. The SMILES string of the molecule is CCCCc1cc[c]([SnH]2[CH2]CCC[CH2]2)c(CCCC)c1CCCC. The van der Waals surface area contributed by atoms with E-state index >= 15 is 0 Å². The fraction of sp³-hybridized carbons (Fsp3) is 0.739. The van der Waals surface area contributed by atoms with Crippen molar-refractivity contribution in [2.24, 2.45) is 0 Å². The Hall–Kier alpha value is 0.0187. The summed E-state index contributed by atoms with van der Waals surface area (Å²) in [5.74, 6) is 0. The summed E-state index contributed by atoms with van der Waals surface area (Å²) in [5, 5.41) is 0. The van der Waals surface area contributed by atoms with E-state index in [4.69, 9.17) is 0 Å². The molecule has 1 heteroatoms. The van der Waals surface area contributed by atoms with Crippen LogP contribution >= 0.6 is 0 Å². The minimum absolute atomic E-state index is 1.31. The van der Waals surface area contributed by atoms with E-state index in [0.717, 1.165) is 0 Å². The van der Waals surface area contributed by atoms with Gasteiger partial charge in [0.25, 0.3) is 0 Å². The molecule has 1 aromatic rings. The van der Waals surface area contributed by atoms with Crippen molar-refractivity contribution in [2.75, 3.05) is 0 Å². The van der Waals surface area contributed by atoms with Gasteiger partial charge in [-0.25, -0.2) is 0 Å². The molecule has 136 valence electrons. The molecule has 0 spiro atoms. The van der Waals surface area contributed by atoms with Crippen molar-refractivity contribution in [3.05, 3.63) is 28.8 Å². The van der Waals surface area contributed by atoms with Crippen LogP contribution in [0.25, 0.3) is 0 Å². The molecule has 0 bridgehead atoms. The predicted molar refractivity (Wildman–Crippen MR) is 113 cm³/mol. The predicted octanol–water partition coefficient (Wildman–Crippen LogP) is 6.33. The Balaban J connectivity index is 2.36. The Kier molecular flexibility index (Phi) is 9.83. The zero-order valence-electron chi connectivity index (χ0n) is 16.6. The third-order valence-corrected chi connectivity index (χ3v) is 16.3. The average molecular weight is 435 g/mol. The summed E-state index contributed by atoms with van der Waals surface area (Å²) in [6.07, 6.45) is 16.7. The normalized spacial score (nSPS) is 15.8. The molecule has 0 nitrogen and oxygen atoms in total. The molecule has 0 aliphatic carbocycles. The molecule has 2 rings (SSSR count). The third kappa shape index (κ3) is 5.78. The monoisotopic (exact) mass is 436 g/mol. The van der Waals surface area contributed by atoms with Crippen LogP contribution in [0.5, 0.6) is 0 Å². The van der Waals surface area contributed by atoms with Gasteiger partial charge >= 0.3 is 159 Å². The Morgan fingerprint density at radius 2 is 1.29 bits per heavy atom. The minimum atomic E-state index is -1.46. The maximum absolute atomic E-state index is 2.64. The molecule has 0 saturated carbocycles. The van der Waals surface area contributed by atoms with Gasteiger partial charge in [0, 0.05) is 0 Å². The number of benzene rings is 1. The zero-order valence-corrected chi connectivity index (χ0v) is 19.9.